The molecule has 0 saturated carbocycles. The molecule has 2 N–H and O–H groups in total. The third-order valence-electron chi connectivity index (χ3n) is 3.70. The van der Waals surface area contributed by atoms with E-state index in [1.165, 1.54) is 25.9 Å². The van der Waals surface area contributed by atoms with Crippen LogP contribution in [0, 0.1) is 5.92 Å². The molecule has 0 bridgehead atoms. The van der Waals surface area contributed by atoms with Gasteiger partial charge in [0.25, 0.3) is 0 Å². The minimum absolute atomic E-state index is 0. The number of hydrogen-bond donors (Lipinski definition) is 2. The zero-order valence-corrected chi connectivity index (χ0v) is 16.5. The van der Waals surface area contributed by atoms with Crippen LogP contribution in [0.5, 0.6) is 0 Å². The van der Waals surface area contributed by atoms with E-state index < -0.39 is 0 Å². The van der Waals surface area contributed by atoms with Crippen LogP contribution in [0.3, 0.4) is 0 Å². The van der Waals surface area contributed by atoms with E-state index in [-0.39, 0.29) is 24.0 Å². The van der Waals surface area contributed by atoms with Gasteiger partial charge < -0.3 is 10.6 Å². The minimum Gasteiger partial charge on any atom is -0.356 e. The summed E-state index contributed by atoms with van der Waals surface area (Å²) in [5.41, 5.74) is 0. The second kappa shape index (κ2) is 11.9. The lowest BCUT2D eigenvalue weighted by atomic mass is 9.99. The first-order chi connectivity index (χ1) is 9.17. The van der Waals surface area contributed by atoms with Crippen LogP contribution < -0.4 is 10.6 Å². The maximum atomic E-state index is 4.26. The SMILES string of the molecule is CN=C(NCCSC)NCC(C)N1CCCC(C)C1.I. The molecule has 0 aromatic rings. The number of thioether (sulfide) groups is 1. The average Bonchev–Trinajstić information content (AvgIpc) is 2.42. The molecule has 0 aromatic carbocycles. The Kier molecular flexibility index (Phi) is 12.1. The summed E-state index contributed by atoms with van der Waals surface area (Å²) in [4.78, 5) is 6.85. The van der Waals surface area contributed by atoms with Gasteiger partial charge in [-0.1, -0.05) is 6.92 Å². The van der Waals surface area contributed by atoms with Crippen molar-refractivity contribution in [3.05, 3.63) is 0 Å². The molecule has 1 saturated heterocycles. The van der Waals surface area contributed by atoms with Crippen LogP contribution in [0.4, 0.5) is 0 Å². The summed E-state index contributed by atoms with van der Waals surface area (Å²) in [7, 11) is 1.84. The van der Waals surface area contributed by atoms with E-state index in [1.54, 1.807) is 0 Å². The third kappa shape index (κ3) is 7.93. The second-order valence-corrected chi connectivity index (χ2v) is 6.45. The molecule has 0 aliphatic carbocycles. The lowest BCUT2D eigenvalue weighted by Gasteiger charge is -2.35. The number of guanidine groups is 1. The van der Waals surface area contributed by atoms with Gasteiger partial charge in [0.15, 0.2) is 5.96 Å². The topological polar surface area (TPSA) is 39.7 Å². The van der Waals surface area contributed by atoms with Crippen molar-refractivity contribution in [2.24, 2.45) is 10.9 Å². The molecule has 0 amide bonds. The maximum Gasteiger partial charge on any atom is 0.191 e. The molecule has 0 spiro atoms. The molecular formula is C14H31IN4S. The number of aliphatic imine (C=N–C) groups is 1. The molecule has 2 atom stereocenters. The van der Waals surface area contributed by atoms with Crippen LogP contribution >= 0.6 is 35.7 Å². The van der Waals surface area contributed by atoms with E-state index in [0.717, 1.165) is 30.7 Å². The van der Waals surface area contributed by atoms with Gasteiger partial charge in [-0.15, -0.1) is 24.0 Å². The van der Waals surface area contributed by atoms with Crippen molar-refractivity contribution in [2.75, 3.05) is 45.2 Å². The molecule has 1 fully saturated rings. The fraction of sp³-hybridized carbons (Fsp3) is 0.929. The number of hydrogen-bond acceptors (Lipinski definition) is 3. The van der Waals surface area contributed by atoms with Gasteiger partial charge in [-0.25, -0.2) is 0 Å². The van der Waals surface area contributed by atoms with Crippen molar-refractivity contribution in [2.45, 2.75) is 32.7 Å². The van der Waals surface area contributed by atoms with E-state index in [1.807, 2.05) is 18.8 Å². The Bertz CT molecular complexity index is 276. The molecule has 2 unspecified atom stereocenters. The summed E-state index contributed by atoms with van der Waals surface area (Å²) in [6.07, 6.45) is 4.85. The number of likely N-dealkylation sites (tertiary alicyclic amines) is 1. The first kappa shape index (κ1) is 20.3. The van der Waals surface area contributed by atoms with Crippen LogP contribution in [0.25, 0.3) is 0 Å². The Morgan fingerprint density at radius 2 is 2.20 bits per heavy atom. The number of halogens is 1. The summed E-state index contributed by atoms with van der Waals surface area (Å²) in [6, 6.07) is 0.571. The van der Waals surface area contributed by atoms with Crippen LogP contribution in [-0.4, -0.2) is 62.1 Å². The van der Waals surface area contributed by atoms with Crippen LogP contribution in [-0.2, 0) is 0 Å². The Labute approximate surface area is 145 Å². The van der Waals surface area contributed by atoms with Gasteiger partial charge in [-0.05, 0) is 38.5 Å². The van der Waals surface area contributed by atoms with E-state index in [0.29, 0.717) is 6.04 Å². The molecule has 0 aromatic heterocycles. The van der Waals surface area contributed by atoms with Gasteiger partial charge in [0, 0.05) is 38.5 Å². The minimum atomic E-state index is 0. The molecule has 1 aliphatic heterocycles. The summed E-state index contributed by atoms with van der Waals surface area (Å²) < 4.78 is 0. The van der Waals surface area contributed by atoms with Gasteiger partial charge in [-0.2, -0.15) is 11.8 Å². The van der Waals surface area contributed by atoms with Crippen LogP contribution in [0.1, 0.15) is 26.7 Å². The Morgan fingerprint density at radius 3 is 2.80 bits per heavy atom. The first-order valence-corrected chi connectivity index (χ1v) is 8.74. The number of piperidine rings is 1. The van der Waals surface area contributed by atoms with Crippen molar-refractivity contribution in [3.63, 3.8) is 0 Å². The maximum absolute atomic E-state index is 4.26. The zero-order valence-electron chi connectivity index (χ0n) is 13.3. The van der Waals surface area contributed by atoms with Gasteiger partial charge in [-0.3, -0.25) is 9.89 Å². The van der Waals surface area contributed by atoms with Crippen molar-refractivity contribution in [3.8, 4) is 0 Å². The first-order valence-electron chi connectivity index (χ1n) is 7.34. The fourth-order valence-corrected chi connectivity index (χ4v) is 2.80. The molecule has 1 heterocycles. The van der Waals surface area contributed by atoms with E-state index in [9.17, 15) is 0 Å². The Balaban J connectivity index is 0.00000361. The van der Waals surface area contributed by atoms with Gasteiger partial charge in [0.2, 0.25) is 0 Å². The third-order valence-corrected chi connectivity index (χ3v) is 4.31. The molecule has 4 nitrogen and oxygen atoms in total. The lowest BCUT2D eigenvalue weighted by Crippen LogP contribution is -2.48. The molecule has 6 heteroatoms. The van der Waals surface area contributed by atoms with Crippen molar-refractivity contribution in [1.82, 2.24) is 15.5 Å². The summed E-state index contributed by atoms with van der Waals surface area (Å²) >= 11 is 1.85. The lowest BCUT2D eigenvalue weighted by molar-refractivity contribution is 0.139. The normalized spacial score (nSPS) is 22.0. The molecule has 0 radical (unpaired) electrons. The summed E-state index contributed by atoms with van der Waals surface area (Å²) in [5, 5.41) is 6.77. The largest absolute Gasteiger partial charge is 0.356 e. The molecule has 20 heavy (non-hydrogen) atoms. The smallest absolute Gasteiger partial charge is 0.191 e. The van der Waals surface area contributed by atoms with Crippen LogP contribution in [0.2, 0.25) is 0 Å². The Morgan fingerprint density at radius 1 is 1.45 bits per heavy atom. The number of rotatable bonds is 6. The highest BCUT2D eigenvalue weighted by Crippen LogP contribution is 2.17. The summed E-state index contributed by atoms with van der Waals surface area (Å²) in [5.74, 6) is 2.88. The average molecular weight is 414 g/mol. The highest BCUT2D eigenvalue weighted by atomic mass is 127. The zero-order chi connectivity index (χ0) is 14.1. The highest BCUT2D eigenvalue weighted by molar-refractivity contribution is 14.0. The molecule has 1 aliphatic rings. The summed E-state index contributed by atoms with van der Waals surface area (Å²) in [6.45, 7) is 9.07. The van der Waals surface area contributed by atoms with Crippen molar-refractivity contribution >= 4 is 41.7 Å². The number of nitrogens with one attached hydrogen (secondary N) is 2. The van der Waals surface area contributed by atoms with E-state index >= 15 is 0 Å². The van der Waals surface area contributed by atoms with Gasteiger partial charge in [0.1, 0.15) is 0 Å². The van der Waals surface area contributed by atoms with Gasteiger partial charge >= 0.3 is 0 Å². The molecule has 1 rings (SSSR count). The predicted molar refractivity (Wildman–Crippen MR) is 103 cm³/mol. The molecule has 120 valence electrons. The van der Waals surface area contributed by atoms with Crippen molar-refractivity contribution in [1.29, 1.82) is 0 Å². The van der Waals surface area contributed by atoms with E-state index in [2.05, 4.69) is 40.6 Å². The quantitative estimate of drug-likeness (QED) is 0.303. The molecular weight excluding hydrogens is 383 g/mol. The standard InChI is InChI=1S/C14H30N4S.HI/c1-12-6-5-8-18(11-12)13(2)10-17-14(15-3)16-7-9-19-4;/h12-13H,5-11H2,1-4H3,(H2,15,16,17);1H. The predicted octanol–water partition coefficient (Wildman–Crippen LogP) is 2.25. The number of nitrogens with zero attached hydrogens (tertiary/aromatic N) is 2. The highest BCUT2D eigenvalue weighted by Gasteiger charge is 2.20. The Hall–Kier alpha value is 0.310. The van der Waals surface area contributed by atoms with Gasteiger partial charge in [0.05, 0.1) is 0 Å². The fourth-order valence-electron chi connectivity index (χ4n) is 2.49. The monoisotopic (exact) mass is 414 g/mol. The van der Waals surface area contributed by atoms with E-state index in [4.69, 9.17) is 0 Å². The second-order valence-electron chi connectivity index (χ2n) is 5.46. The van der Waals surface area contributed by atoms with Crippen molar-refractivity contribution < 1.29 is 0 Å². The van der Waals surface area contributed by atoms with Crippen LogP contribution in [0.15, 0.2) is 4.99 Å².